The minimum absolute atomic E-state index is 0.0329. The summed E-state index contributed by atoms with van der Waals surface area (Å²) in [6.45, 7) is 4.10. The van der Waals surface area contributed by atoms with Gasteiger partial charge in [-0.15, -0.1) is 0 Å². The Kier molecular flexibility index (Phi) is 4.80. The molecule has 2 saturated heterocycles. The minimum Gasteiger partial charge on any atom is -0.481 e. The monoisotopic (exact) mass is 269 g/mol. The van der Waals surface area contributed by atoms with E-state index in [9.17, 15) is 9.59 Å². The Morgan fingerprint density at radius 1 is 1.32 bits per heavy atom. The second-order valence-corrected chi connectivity index (χ2v) is 5.78. The van der Waals surface area contributed by atoms with E-state index in [0.29, 0.717) is 12.5 Å². The molecule has 5 heteroatoms. The number of carboxylic acid groups (broad SMARTS) is 1. The Morgan fingerprint density at radius 2 is 2.00 bits per heavy atom. The van der Waals surface area contributed by atoms with Crippen molar-refractivity contribution in [1.82, 2.24) is 4.90 Å². The number of aliphatic carboxylic acids is 1. The van der Waals surface area contributed by atoms with Crippen LogP contribution >= 0.6 is 0 Å². The lowest BCUT2D eigenvalue weighted by Gasteiger charge is -2.33. The van der Waals surface area contributed by atoms with Gasteiger partial charge in [0.2, 0.25) is 5.91 Å². The number of rotatable bonds is 4. The molecule has 2 heterocycles. The second kappa shape index (κ2) is 6.37. The molecule has 2 rings (SSSR count). The first-order chi connectivity index (χ1) is 9.06. The molecule has 2 atom stereocenters. The van der Waals surface area contributed by atoms with Crippen LogP contribution in [0.25, 0.3) is 0 Å². The first kappa shape index (κ1) is 14.3. The first-order valence-electron chi connectivity index (χ1n) is 7.18. The van der Waals surface area contributed by atoms with Crippen molar-refractivity contribution in [3.8, 4) is 0 Å². The van der Waals surface area contributed by atoms with Gasteiger partial charge in [-0.25, -0.2) is 0 Å². The predicted octanol–water partition coefficient (Wildman–Crippen LogP) is 1.51. The molecule has 2 aliphatic heterocycles. The Morgan fingerprint density at radius 3 is 2.53 bits per heavy atom. The van der Waals surface area contributed by atoms with Crippen molar-refractivity contribution < 1.29 is 19.4 Å². The van der Waals surface area contributed by atoms with Gasteiger partial charge < -0.3 is 14.7 Å². The van der Waals surface area contributed by atoms with Crippen LogP contribution < -0.4 is 0 Å². The standard InChI is InChI=1S/C14H23NO4/c1-10-8-12(9-19-10)14(18)15-6-4-11(5-7-15)2-3-13(16)17/h10-12H,2-9H2,1H3,(H,16,17). The van der Waals surface area contributed by atoms with Gasteiger partial charge in [-0.3, -0.25) is 9.59 Å². The largest absolute Gasteiger partial charge is 0.481 e. The molecule has 0 radical (unpaired) electrons. The molecular formula is C14H23NO4. The van der Waals surface area contributed by atoms with Gasteiger partial charge in [0.05, 0.1) is 18.6 Å². The fourth-order valence-corrected chi connectivity index (χ4v) is 3.02. The molecule has 1 N–H and O–H groups in total. The molecule has 2 unspecified atom stereocenters. The second-order valence-electron chi connectivity index (χ2n) is 5.78. The summed E-state index contributed by atoms with van der Waals surface area (Å²) in [5, 5.41) is 8.67. The first-order valence-corrected chi connectivity index (χ1v) is 7.18. The molecule has 0 aromatic rings. The highest BCUT2D eigenvalue weighted by molar-refractivity contribution is 5.79. The van der Waals surface area contributed by atoms with Crippen LogP contribution in [-0.4, -0.2) is 47.7 Å². The fraction of sp³-hybridized carbons (Fsp3) is 0.857. The number of amides is 1. The van der Waals surface area contributed by atoms with Gasteiger partial charge in [0.15, 0.2) is 0 Å². The Labute approximate surface area is 113 Å². The van der Waals surface area contributed by atoms with E-state index in [0.717, 1.165) is 38.8 Å². The third-order valence-corrected chi connectivity index (χ3v) is 4.24. The average Bonchev–Trinajstić information content (AvgIpc) is 2.83. The van der Waals surface area contributed by atoms with Crippen LogP contribution in [0.15, 0.2) is 0 Å². The van der Waals surface area contributed by atoms with Crippen LogP contribution in [-0.2, 0) is 14.3 Å². The zero-order chi connectivity index (χ0) is 13.8. The van der Waals surface area contributed by atoms with Crippen molar-refractivity contribution in [1.29, 1.82) is 0 Å². The normalized spacial score (nSPS) is 28.6. The van der Waals surface area contributed by atoms with E-state index in [1.807, 2.05) is 11.8 Å². The average molecular weight is 269 g/mol. The number of carboxylic acids is 1. The van der Waals surface area contributed by atoms with Crippen molar-refractivity contribution in [2.75, 3.05) is 19.7 Å². The van der Waals surface area contributed by atoms with Crippen LogP contribution in [0, 0.1) is 11.8 Å². The molecule has 0 saturated carbocycles. The van der Waals surface area contributed by atoms with Crippen LogP contribution in [0.1, 0.15) is 39.0 Å². The van der Waals surface area contributed by atoms with E-state index in [-0.39, 0.29) is 24.3 Å². The summed E-state index contributed by atoms with van der Waals surface area (Å²) in [5.41, 5.74) is 0. The van der Waals surface area contributed by atoms with Crippen molar-refractivity contribution in [2.45, 2.75) is 45.1 Å². The van der Waals surface area contributed by atoms with Gasteiger partial charge in [-0.2, -0.15) is 0 Å². The van der Waals surface area contributed by atoms with Crippen molar-refractivity contribution >= 4 is 11.9 Å². The number of carbonyl (C=O) groups excluding carboxylic acids is 1. The maximum Gasteiger partial charge on any atom is 0.303 e. The number of hydrogen-bond donors (Lipinski definition) is 1. The summed E-state index contributed by atoms with van der Waals surface area (Å²) in [5.74, 6) is -0.0129. The van der Waals surface area contributed by atoms with E-state index in [1.165, 1.54) is 0 Å². The molecule has 0 spiro atoms. The lowest BCUT2D eigenvalue weighted by Crippen LogP contribution is -2.42. The summed E-state index contributed by atoms with van der Waals surface area (Å²) < 4.78 is 5.45. The maximum absolute atomic E-state index is 12.3. The van der Waals surface area contributed by atoms with Gasteiger partial charge in [0, 0.05) is 19.5 Å². The molecule has 0 aromatic carbocycles. The van der Waals surface area contributed by atoms with Crippen LogP contribution in [0.3, 0.4) is 0 Å². The molecule has 2 aliphatic rings. The summed E-state index contributed by atoms with van der Waals surface area (Å²) in [7, 11) is 0. The van der Waals surface area contributed by atoms with Crippen molar-refractivity contribution in [2.24, 2.45) is 11.8 Å². The topological polar surface area (TPSA) is 66.8 Å². The third-order valence-electron chi connectivity index (χ3n) is 4.24. The molecule has 0 aliphatic carbocycles. The van der Waals surface area contributed by atoms with Gasteiger partial charge in [-0.1, -0.05) is 0 Å². The van der Waals surface area contributed by atoms with Crippen LogP contribution in [0.5, 0.6) is 0 Å². The number of likely N-dealkylation sites (tertiary alicyclic amines) is 1. The maximum atomic E-state index is 12.3. The highest BCUT2D eigenvalue weighted by Gasteiger charge is 2.33. The Bertz CT molecular complexity index is 336. The molecule has 1 amide bonds. The van der Waals surface area contributed by atoms with E-state index in [4.69, 9.17) is 9.84 Å². The highest BCUT2D eigenvalue weighted by Crippen LogP contribution is 2.26. The van der Waals surface area contributed by atoms with Crippen molar-refractivity contribution in [3.63, 3.8) is 0 Å². The third kappa shape index (κ3) is 3.93. The summed E-state index contributed by atoms with van der Waals surface area (Å²) >= 11 is 0. The minimum atomic E-state index is -0.726. The highest BCUT2D eigenvalue weighted by atomic mass is 16.5. The van der Waals surface area contributed by atoms with E-state index >= 15 is 0 Å². The lowest BCUT2D eigenvalue weighted by atomic mass is 9.91. The number of hydrogen-bond acceptors (Lipinski definition) is 3. The molecule has 0 aromatic heterocycles. The van der Waals surface area contributed by atoms with Gasteiger partial charge in [0.25, 0.3) is 0 Å². The molecule has 0 bridgehead atoms. The van der Waals surface area contributed by atoms with Gasteiger partial charge in [0.1, 0.15) is 0 Å². The van der Waals surface area contributed by atoms with Crippen LogP contribution in [0.4, 0.5) is 0 Å². The summed E-state index contributed by atoms with van der Waals surface area (Å²) in [4.78, 5) is 24.7. The summed E-state index contributed by atoms with van der Waals surface area (Å²) in [6.07, 6.45) is 3.87. The predicted molar refractivity (Wildman–Crippen MR) is 69.7 cm³/mol. The molecule has 19 heavy (non-hydrogen) atoms. The smallest absolute Gasteiger partial charge is 0.303 e. The van der Waals surface area contributed by atoms with Crippen molar-refractivity contribution in [3.05, 3.63) is 0 Å². The Hall–Kier alpha value is -1.10. The van der Waals surface area contributed by atoms with E-state index in [1.54, 1.807) is 0 Å². The number of carbonyl (C=O) groups is 2. The van der Waals surface area contributed by atoms with Gasteiger partial charge >= 0.3 is 5.97 Å². The quantitative estimate of drug-likeness (QED) is 0.840. The molecule has 2 fully saturated rings. The van der Waals surface area contributed by atoms with Gasteiger partial charge in [-0.05, 0) is 38.5 Å². The number of nitrogens with zero attached hydrogens (tertiary/aromatic N) is 1. The van der Waals surface area contributed by atoms with E-state index in [2.05, 4.69) is 0 Å². The number of piperidine rings is 1. The van der Waals surface area contributed by atoms with Crippen LogP contribution in [0.2, 0.25) is 0 Å². The molecule has 108 valence electrons. The summed E-state index contributed by atoms with van der Waals surface area (Å²) in [6, 6.07) is 0. The lowest BCUT2D eigenvalue weighted by molar-refractivity contribution is -0.139. The SMILES string of the molecule is CC1CC(C(=O)N2CCC(CCC(=O)O)CC2)CO1. The van der Waals surface area contributed by atoms with E-state index < -0.39 is 5.97 Å². The molecular weight excluding hydrogens is 246 g/mol. The fourth-order valence-electron chi connectivity index (χ4n) is 3.02. The molecule has 5 nitrogen and oxygen atoms in total. The number of ether oxygens (including phenoxy) is 1. The zero-order valence-electron chi connectivity index (χ0n) is 11.5. The Balaban J connectivity index is 1.73. The zero-order valence-corrected chi connectivity index (χ0v) is 11.5.